The Hall–Kier alpha value is -0.780. The fraction of sp³-hybridized carbons (Fsp3) is 0.667. The molecule has 3 atom stereocenters. The lowest BCUT2D eigenvalue weighted by atomic mass is 9.49. The van der Waals surface area contributed by atoms with Gasteiger partial charge in [0.25, 0.3) is 0 Å². The highest BCUT2D eigenvalue weighted by molar-refractivity contribution is 5.42. The SMILES string of the molecule is C[C@]12Cc3ccccc3C1C[C@@H]2C1CCCCC1. The summed E-state index contributed by atoms with van der Waals surface area (Å²) in [5.41, 5.74) is 3.96. The molecule has 0 bridgehead atoms. The van der Waals surface area contributed by atoms with E-state index in [1.54, 1.807) is 11.1 Å². The molecule has 0 nitrogen and oxygen atoms in total. The van der Waals surface area contributed by atoms with Crippen LogP contribution in [0.25, 0.3) is 0 Å². The van der Waals surface area contributed by atoms with Crippen LogP contribution in [-0.4, -0.2) is 0 Å². The molecule has 0 aliphatic heterocycles. The zero-order chi connectivity index (χ0) is 12.2. The molecule has 0 saturated heterocycles. The molecule has 3 aliphatic rings. The van der Waals surface area contributed by atoms with Gasteiger partial charge in [-0.3, -0.25) is 0 Å². The second kappa shape index (κ2) is 3.85. The smallest absolute Gasteiger partial charge is 0.00964 e. The van der Waals surface area contributed by atoms with E-state index in [2.05, 4.69) is 31.2 Å². The zero-order valence-electron chi connectivity index (χ0n) is 11.5. The molecule has 2 fully saturated rings. The number of hydrogen-bond donors (Lipinski definition) is 0. The van der Waals surface area contributed by atoms with E-state index in [1.807, 2.05) is 0 Å². The van der Waals surface area contributed by atoms with E-state index in [9.17, 15) is 0 Å². The van der Waals surface area contributed by atoms with Crippen molar-refractivity contribution in [2.24, 2.45) is 17.3 Å². The van der Waals surface area contributed by atoms with Crippen molar-refractivity contribution in [1.29, 1.82) is 0 Å². The Morgan fingerprint density at radius 1 is 1.06 bits per heavy atom. The van der Waals surface area contributed by atoms with Crippen LogP contribution in [-0.2, 0) is 6.42 Å². The first-order chi connectivity index (χ1) is 8.79. The number of hydrogen-bond acceptors (Lipinski definition) is 0. The molecule has 2 saturated carbocycles. The maximum atomic E-state index is 2.58. The lowest BCUT2D eigenvalue weighted by Crippen LogP contribution is -2.47. The largest absolute Gasteiger partial charge is 0.0620 e. The normalized spacial score (nSPS) is 38.9. The van der Waals surface area contributed by atoms with E-state index in [0.29, 0.717) is 5.41 Å². The molecule has 1 aromatic carbocycles. The van der Waals surface area contributed by atoms with E-state index in [1.165, 1.54) is 44.9 Å². The van der Waals surface area contributed by atoms with Crippen LogP contribution in [0.4, 0.5) is 0 Å². The predicted molar refractivity (Wildman–Crippen MR) is 75.7 cm³/mol. The lowest BCUT2D eigenvalue weighted by Gasteiger charge is -2.55. The molecule has 0 N–H and O–H groups in total. The van der Waals surface area contributed by atoms with Gasteiger partial charge in [0.2, 0.25) is 0 Å². The van der Waals surface area contributed by atoms with Crippen LogP contribution < -0.4 is 0 Å². The third-order valence-corrected chi connectivity index (χ3v) is 6.35. The third kappa shape index (κ3) is 1.38. The van der Waals surface area contributed by atoms with Crippen molar-refractivity contribution in [3.8, 4) is 0 Å². The highest BCUT2D eigenvalue weighted by Crippen LogP contribution is 2.66. The van der Waals surface area contributed by atoms with E-state index >= 15 is 0 Å². The van der Waals surface area contributed by atoms with Gasteiger partial charge in [-0.05, 0) is 47.1 Å². The van der Waals surface area contributed by atoms with Crippen LogP contribution in [0.2, 0.25) is 0 Å². The lowest BCUT2D eigenvalue weighted by molar-refractivity contribution is -0.0267. The van der Waals surface area contributed by atoms with Gasteiger partial charge < -0.3 is 0 Å². The molecule has 0 spiro atoms. The quantitative estimate of drug-likeness (QED) is 0.652. The number of benzene rings is 1. The van der Waals surface area contributed by atoms with Crippen LogP contribution in [0.5, 0.6) is 0 Å². The van der Waals surface area contributed by atoms with Crippen LogP contribution >= 0.6 is 0 Å². The van der Waals surface area contributed by atoms with E-state index in [0.717, 1.165) is 17.8 Å². The summed E-state index contributed by atoms with van der Waals surface area (Å²) in [7, 11) is 0. The Labute approximate surface area is 111 Å². The van der Waals surface area contributed by atoms with Gasteiger partial charge in [0.1, 0.15) is 0 Å². The topological polar surface area (TPSA) is 0 Å². The molecule has 0 amide bonds. The van der Waals surface area contributed by atoms with Crippen LogP contribution in [0.15, 0.2) is 24.3 Å². The Kier molecular flexibility index (Phi) is 2.37. The summed E-state index contributed by atoms with van der Waals surface area (Å²) in [5.74, 6) is 2.96. The van der Waals surface area contributed by atoms with Crippen molar-refractivity contribution in [1.82, 2.24) is 0 Å². The zero-order valence-corrected chi connectivity index (χ0v) is 11.5. The third-order valence-electron chi connectivity index (χ3n) is 6.35. The number of fused-ring (bicyclic) bond motifs is 3. The van der Waals surface area contributed by atoms with Crippen LogP contribution in [0.1, 0.15) is 62.5 Å². The summed E-state index contributed by atoms with van der Waals surface area (Å²) >= 11 is 0. The molecule has 4 rings (SSSR count). The molecule has 18 heavy (non-hydrogen) atoms. The van der Waals surface area contributed by atoms with Gasteiger partial charge in [0, 0.05) is 0 Å². The van der Waals surface area contributed by atoms with E-state index in [4.69, 9.17) is 0 Å². The van der Waals surface area contributed by atoms with Gasteiger partial charge in [-0.25, -0.2) is 0 Å². The Morgan fingerprint density at radius 3 is 2.67 bits per heavy atom. The first kappa shape index (κ1) is 11.1. The molecule has 96 valence electrons. The van der Waals surface area contributed by atoms with Crippen molar-refractivity contribution < 1.29 is 0 Å². The molecule has 0 radical (unpaired) electrons. The van der Waals surface area contributed by atoms with Crippen LogP contribution in [0, 0.1) is 17.3 Å². The van der Waals surface area contributed by atoms with Gasteiger partial charge >= 0.3 is 0 Å². The summed E-state index contributed by atoms with van der Waals surface area (Å²) < 4.78 is 0. The van der Waals surface area contributed by atoms with Crippen molar-refractivity contribution in [2.75, 3.05) is 0 Å². The monoisotopic (exact) mass is 240 g/mol. The number of rotatable bonds is 1. The van der Waals surface area contributed by atoms with Crippen molar-refractivity contribution in [2.45, 2.75) is 57.8 Å². The molecule has 0 aromatic heterocycles. The maximum absolute atomic E-state index is 2.58. The molecular weight excluding hydrogens is 216 g/mol. The predicted octanol–water partition coefficient (Wildman–Crippen LogP) is 4.93. The summed E-state index contributed by atoms with van der Waals surface area (Å²) in [6, 6.07) is 9.22. The summed E-state index contributed by atoms with van der Waals surface area (Å²) in [5, 5.41) is 0. The first-order valence-electron chi connectivity index (χ1n) is 7.87. The molecule has 1 aromatic rings. The van der Waals surface area contributed by atoms with Gasteiger partial charge in [0.05, 0.1) is 0 Å². The van der Waals surface area contributed by atoms with Gasteiger partial charge in [-0.15, -0.1) is 0 Å². The molecule has 1 unspecified atom stereocenters. The van der Waals surface area contributed by atoms with E-state index in [-0.39, 0.29) is 0 Å². The fourth-order valence-corrected chi connectivity index (χ4v) is 5.34. The van der Waals surface area contributed by atoms with Gasteiger partial charge in [0.15, 0.2) is 0 Å². The average Bonchev–Trinajstić information content (AvgIpc) is 2.61. The summed E-state index contributed by atoms with van der Waals surface area (Å²) in [6.07, 6.45) is 10.4. The highest BCUT2D eigenvalue weighted by Gasteiger charge is 2.57. The van der Waals surface area contributed by atoms with Crippen molar-refractivity contribution >= 4 is 0 Å². The second-order valence-corrected chi connectivity index (χ2v) is 7.17. The second-order valence-electron chi connectivity index (χ2n) is 7.17. The Morgan fingerprint density at radius 2 is 1.83 bits per heavy atom. The fourth-order valence-electron chi connectivity index (χ4n) is 5.34. The molecule has 0 heteroatoms. The molecular formula is C18H24. The highest BCUT2D eigenvalue weighted by atomic mass is 14.6. The maximum Gasteiger partial charge on any atom is -0.00964 e. The van der Waals surface area contributed by atoms with Crippen molar-refractivity contribution in [3.05, 3.63) is 35.4 Å². The average molecular weight is 240 g/mol. The minimum atomic E-state index is 0.617. The van der Waals surface area contributed by atoms with Gasteiger partial charge in [-0.2, -0.15) is 0 Å². The standard InChI is InChI=1S/C18H24/c1-18-12-14-9-5-6-10-15(14)17(18)11-16(18)13-7-3-2-4-8-13/h5-6,9-10,13,16-17H,2-4,7-8,11-12H2,1H3/t16-,17?,18-/m1/s1. The minimum absolute atomic E-state index is 0.617. The molecule has 3 aliphatic carbocycles. The first-order valence-corrected chi connectivity index (χ1v) is 7.87. The molecule has 0 heterocycles. The Balaban J connectivity index is 1.60. The minimum Gasteiger partial charge on any atom is -0.0620 e. The van der Waals surface area contributed by atoms with Crippen LogP contribution in [0.3, 0.4) is 0 Å². The van der Waals surface area contributed by atoms with E-state index < -0.39 is 0 Å². The van der Waals surface area contributed by atoms with Crippen molar-refractivity contribution in [3.63, 3.8) is 0 Å². The Bertz CT molecular complexity index is 455. The van der Waals surface area contributed by atoms with Gasteiger partial charge in [-0.1, -0.05) is 63.3 Å². The summed E-state index contributed by atoms with van der Waals surface area (Å²) in [6.45, 7) is 2.58. The summed E-state index contributed by atoms with van der Waals surface area (Å²) in [4.78, 5) is 0.